The minimum Gasteiger partial charge on any atom is -0.452 e. The molecule has 1 N–H and O–H groups in total. The molecule has 0 radical (unpaired) electrons. The average Bonchev–Trinajstić information content (AvgIpc) is 3.43. The van der Waals surface area contributed by atoms with Crippen LogP contribution in [0.4, 0.5) is 0 Å². The van der Waals surface area contributed by atoms with Crippen LogP contribution >= 0.6 is 0 Å². The number of hydrogen-bond acceptors (Lipinski definition) is 3. The second kappa shape index (κ2) is 7.99. The Morgan fingerprint density at radius 1 is 1.19 bits per heavy atom. The monoisotopic (exact) mass is 368 g/mol. The highest BCUT2D eigenvalue weighted by Gasteiger charge is 2.29. The molecule has 1 fully saturated rings. The van der Waals surface area contributed by atoms with E-state index < -0.39 is 5.97 Å². The maximum Gasteiger partial charge on any atom is 0.340 e. The number of nitrogens with zero attached hydrogens (tertiary/aromatic N) is 1. The molecule has 144 valence electrons. The number of carbonyl (C=O) groups is 2. The third-order valence-electron chi connectivity index (χ3n) is 5.17. The normalized spacial score (nSPS) is 14.7. The highest BCUT2D eigenvalue weighted by molar-refractivity contribution is 5.92. The van der Waals surface area contributed by atoms with Crippen LogP contribution in [-0.2, 0) is 9.53 Å². The molecule has 1 amide bonds. The largest absolute Gasteiger partial charge is 0.452 e. The molecule has 0 unspecified atom stereocenters. The maximum absolute atomic E-state index is 12.4. The molecule has 0 spiro atoms. The van der Waals surface area contributed by atoms with Gasteiger partial charge < -0.3 is 14.6 Å². The van der Waals surface area contributed by atoms with E-state index in [1.54, 1.807) is 0 Å². The van der Waals surface area contributed by atoms with E-state index in [9.17, 15) is 9.59 Å². The van der Waals surface area contributed by atoms with Crippen LogP contribution < -0.4 is 5.32 Å². The lowest BCUT2D eigenvalue weighted by Crippen LogP contribution is -2.32. The second-order valence-corrected chi connectivity index (χ2v) is 7.40. The van der Waals surface area contributed by atoms with Crippen LogP contribution in [0.1, 0.15) is 71.1 Å². The Bertz CT molecular complexity index is 832. The fraction of sp³-hybridized carbons (Fsp3) is 0.455. The van der Waals surface area contributed by atoms with Gasteiger partial charge in [-0.2, -0.15) is 0 Å². The van der Waals surface area contributed by atoms with E-state index in [1.807, 2.05) is 58.0 Å². The highest BCUT2D eigenvalue weighted by Crippen LogP contribution is 2.38. The van der Waals surface area contributed by atoms with E-state index >= 15 is 0 Å². The van der Waals surface area contributed by atoms with Gasteiger partial charge in [-0.3, -0.25) is 4.79 Å². The average molecular weight is 368 g/mol. The quantitative estimate of drug-likeness (QED) is 0.746. The maximum atomic E-state index is 12.4. The number of esters is 1. The van der Waals surface area contributed by atoms with Gasteiger partial charge in [-0.25, -0.2) is 4.79 Å². The van der Waals surface area contributed by atoms with Crippen LogP contribution in [0.3, 0.4) is 0 Å². The van der Waals surface area contributed by atoms with Crippen LogP contribution in [0, 0.1) is 20.8 Å². The number of aromatic nitrogens is 1. The van der Waals surface area contributed by atoms with Crippen LogP contribution in [0.5, 0.6) is 0 Å². The van der Waals surface area contributed by atoms with Gasteiger partial charge >= 0.3 is 5.97 Å². The van der Waals surface area contributed by atoms with Crippen molar-refractivity contribution in [3.63, 3.8) is 0 Å². The highest BCUT2D eigenvalue weighted by atomic mass is 16.5. The summed E-state index contributed by atoms with van der Waals surface area (Å²) < 4.78 is 7.47. The van der Waals surface area contributed by atoms with Crippen LogP contribution in [-0.4, -0.2) is 23.1 Å². The number of carbonyl (C=O) groups excluding carboxylic acids is 2. The molecule has 2 aromatic rings. The summed E-state index contributed by atoms with van der Waals surface area (Å²) in [6, 6.07) is 10.4. The molecular weight excluding hydrogens is 340 g/mol. The summed E-state index contributed by atoms with van der Waals surface area (Å²) in [7, 11) is 0. The summed E-state index contributed by atoms with van der Waals surface area (Å²) >= 11 is 0. The van der Waals surface area contributed by atoms with Gasteiger partial charge in [0, 0.05) is 17.4 Å². The van der Waals surface area contributed by atoms with E-state index in [2.05, 4.69) is 9.88 Å². The second-order valence-electron chi connectivity index (χ2n) is 7.40. The zero-order valence-corrected chi connectivity index (χ0v) is 16.5. The van der Waals surface area contributed by atoms with Crippen molar-refractivity contribution >= 4 is 11.9 Å². The van der Waals surface area contributed by atoms with Crippen LogP contribution in [0.15, 0.2) is 30.3 Å². The number of aryl methyl sites for hydroxylation is 2. The van der Waals surface area contributed by atoms with Gasteiger partial charge in [0.2, 0.25) is 0 Å². The van der Waals surface area contributed by atoms with E-state index in [0.717, 1.165) is 36.2 Å². The molecule has 1 aromatic heterocycles. The molecule has 5 nitrogen and oxygen atoms in total. The molecule has 5 heteroatoms. The number of nitrogens with one attached hydrogen (secondary N) is 1. The lowest BCUT2D eigenvalue weighted by atomic mass is 10.0. The predicted octanol–water partition coefficient (Wildman–Crippen LogP) is 4.17. The first-order valence-electron chi connectivity index (χ1n) is 9.62. The zero-order chi connectivity index (χ0) is 19.6. The third-order valence-corrected chi connectivity index (χ3v) is 5.17. The van der Waals surface area contributed by atoms with E-state index in [4.69, 9.17) is 4.74 Å². The molecular formula is C22H28N2O3. The summed E-state index contributed by atoms with van der Waals surface area (Å²) in [6.07, 6.45) is 3.08. The van der Waals surface area contributed by atoms with Gasteiger partial charge in [0.1, 0.15) is 0 Å². The van der Waals surface area contributed by atoms with Crippen molar-refractivity contribution in [3.05, 3.63) is 58.4 Å². The fourth-order valence-corrected chi connectivity index (χ4v) is 3.54. The van der Waals surface area contributed by atoms with Crippen molar-refractivity contribution in [2.45, 2.75) is 59.0 Å². The lowest BCUT2D eigenvalue weighted by molar-refractivity contribution is -0.125. The lowest BCUT2D eigenvalue weighted by Gasteiger charge is -2.17. The van der Waals surface area contributed by atoms with Crippen LogP contribution in [0.2, 0.25) is 0 Å². The number of amides is 1. The predicted molar refractivity (Wildman–Crippen MR) is 105 cm³/mol. The third kappa shape index (κ3) is 4.41. The van der Waals surface area contributed by atoms with Crippen molar-refractivity contribution in [2.75, 3.05) is 6.61 Å². The van der Waals surface area contributed by atoms with Crippen molar-refractivity contribution < 1.29 is 14.3 Å². The van der Waals surface area contributed by atoms with Crippen molar-refractivity contribution in [3.8, 4) is 0 Å². The Kier molecular flexibility index (Phi) is 5.68. The number of rotatable bonds is 7. The molecule has 1 heterocycles. The Balaban J connectivity index is 1.57. The molecule has 1 aliphatic rings. The Morgan fingerprint density at radius 2 is 1.85 bits per heavy atom. The number of hydrogen-bond donors (Lipinski definition) is 1. The molecule has 1 aliphatic carbocycles. The van der Waals surface area contributed by atoms with E-state index in [0.29, 0.717) is 11.6 Å². The van der Waals surface area contributed by atoms with Gasteiger partial charge in [-0.15, -0.1) is 0 Å². The van der Waals surface area contributed by atoms with E-state index in [1.165, 1.54) is 5.56 Å². The molecule has 27 heavy (non-hydrogen) atoms. The SMILES string of the molecule is CC[C@@H](NC(=O)COC(=O)c1cc(C)n(C2CC2)c1C)c1ccc(C)cc1. The molecule has 0 bridgehead atoms. The zero-order valence-electron chi connectivity index (χ0n) is 16.5. The Labute approximate surface area is 160 Å². The summed E-state index contributed by atoms with van der Waals surface area (Å²) in [6.45, 7) is 7.72. The molecule has 0 saturated heterocycles. The van der Waals surface area contributed by atoms with Crippen molar-refractivity contribution in [2.24, 2.45) is 0 Å². The molecule has 1 atom stereocenters. The summed E-state index contributed by atoms with van der Waals surface area (Å²) in [5.41, 5.74) is 4.77. The van der Waals surface area contributed by atoms with Crippen molar-refractivity contribution in [1.82, 2.24) is 9.88 Å². The fourth-order valence-electron chi connectivity index (χ4n) is 3.54. The van der Waals surface area contributed by atoms with Crippen molar-refractivity contribution in [1.29, 1.82) is 0 Å². The number of ether oxygens (including phenoxy) is 1. The molecule has 1 aromatic carbocycles. The van der Waals surface area contributed by atoms with Gasteiger partial charge in [0.25, 0.3) is 5.91 Å². The smallest absolute Gasteiger partial charge is 0.340 e. The first kappa shape index (κ1) is 19.2. The molecule has 0 aliphatic heterocycles. The van der Waals surface area contributed by atoms with Gasteiger partial charge in [-0.1, -0.05) is 36.8 Å². The van der Waals surface area contributed by atoms with E-state index in [-0.39, 0.29) is 18.6 Å². The molecule has 3 rings (SSSR count). The summed E-state index contributed by atoms with van der Waals surface area (Å²) in [4.78, 5) is 24.7. The summed E-state index contributed by atoms with van der Waals surface area (Å²) in [5, 5.41) is 2.95. The standard InChI is InChI=1S/C22H28N2O3/c1-5-20(17-8-6-14(2)7-9-17)23-21(25)13-27-22(26)19-12-15(3)24(16(19)4)18-10-11-18/h6-9,12,18,20H,5,10-11,13H2,1-4H3,(H,23,25)/t20-/m1/s1. The first-order chi connectivity index (χ1) is 12.9. The number of benzene rings is 1. The van der Waals surface area contributed by atoms with Gasteiger partial charge in [0.15, 0.2) is 6.61 Å². The molecule has 1 saturated carbocycles. The first-order valence-corrected chi connectivity index (χ1v) is 9.62. The minimum absolute atomic E-state index is 0.0864. The minimum atomic E-state index is -0.437. The van der Waals surface area contributed by atoms with Crippen LogP contribution in [0.25, 0.3) is 0 Å². The Hall–Kier alpha value is -2.56. The topological polar surface area (TPSA) is 60.3 Å². The van der Waals surface area contributed by atoms with Gasteiger partial charge in [-0.05, 0) is 51.7 Å². The van der Waals surface area contributed by atoms with Gasteiger partial charge in [0.05, 0.1) is 11.6 Å². The Morgan fingerprint density at radius 3 is 2.44 bits per heavy atom. The summed E-state index contributed by atoms with van der Waals surface area (Å²) in [5.74, 6) is -0.722.